The van der Waals surface area contributed by atoms with Gasteiger partial charge in [-0.1, -0.05) is 0 Å². The first-order valence-electron chi connectivity index (χ1n) is 5.69. The SMILES string of the molecule is Cc1cc2c(cc1F)[nH]c(=S)n2C1C=CS(=O)(=O)C1. The predicted molar refractivity (Wildman–Crippen MR) is 73.8 cm³/mol. The number of hydrogen-bond acceptors (Lipinski definition) is 3. The molecular weight excluding hydrogens is 287 g/mol. The van der Waals surface area contributed by atoms with Crippen molar-refractivity contribution < 1.29 is 12.8 Å². The Morgan fingerprint density at radius 2 is 2.21 bits per heavy atom. The Morgan fingerprint density at radius 3 is 2.84 bits per heavy atom. The number of benzene rings is 1. The second-order valence-electron chi connectivity index (χ2n) is 4.64. The monoisotopic (exact) mass is 298 g/mol. The molecule has 0 radical (unpaired) electrons. The van der Waals surface area contributed by atoms with Crippen molar-refractivity contribution in [2.24, 2.45) is 0 Å². The van der Waals surface area contributed by atoms with E-state index in [9.17, 15) is 12.8 Å². The third-order valence-electron chi connectivity index (χ3n) is 3.24. The van der Waals surface area contributed by atoms with Crippen LogP contribution in [-0.2, 0) is 9.84 Å². The highest BCUT2D eigenvalue weighted by atomic mass is 32.2. The van der Waals surface area contributed by atoms with Crippen molar-refractivity contribution in [2.75, 3.05) is 5.75 Å². The van der Waals surface area contributed by atoms with Crippen LogP contribution in [0.5, 0.6) is 0 Å². The number of rotatable bonds is 1. The third kappa shape index (κ3) is 2.02. The van der Waals surface area contributed by atoms with Crippen molar-refractivity contribution in [1.29, 1.82) is 0 Å². The number of fused-ring (bicyclic) bond motifs is 1. The van der Waals surface area contributed by atoms with Crippen LogP contribution in [0.25, 0.3) is 11.0 Å². The lowest BCUT2D eigenvalue weighted by molar-refractivity contribution is 0.594. The molecule has 1 aromatic carbocycles. The summed E-state index contributed by atoms with van der Waals surface area (Å²) < 4.78 is 38.6. The molecule has 7 heteroatoms. The minimum atomic E-state index is -3.16. The summed E-state index contributed by atoms with van der Waals surface area (Å²) in [6, 6.07) is 2.72. The van der Waals surface area contributed by atoms with Crippen molar-refractivity contribution >= 4 is 33.1 Å². The Labute approximate surface area is 114 Å². The van der Waals surface area contributed by atoms with Gasteiger partial charge < -0.3 is 9.55 Å². The summed E-state index contributed by atoms with van der Waals surface area (Å²) in [4.78, 5) is 2.91. The fourth-order valence-electron chi connectivity index (χ4n) is 2.30. The van der Waals surface area contributed by atoms with Crippen LogP contribution < -0.4 is 0 Å². The second kappa shape index (κ2) is 4.01. The maximum atomic E-state index is 13.5. The highest BCUT2D eigenvalue weighted by molar-refractivity contribution is 7.94. The average molecular weight is 298 g/mol. The molecule has 1 aliphatic heterocycles. The van der Waals surface area contributed by atoms with Gasteiger partial charge in [-0.2, -0.15) is 0 Å². The zero-order valence-electron chi connectivity index (χ0n) is 10.1. The number of aromatic amines is 1. The Bertz CT molecular complexity index is 862. The number of hydrogen-bond donors (Lipinski definition) is 1. The van der Waals surface area contributed by atoms with Crippen molar-refractivity contribution in [2.45, 2.75) is 13.0 Å². The highest BCUT2D eigenvalue weighted by Gasteiger charge is 2.25. The fourth-order valence-corrected chi connectivity index (χ4v) is 3.91. The molecule has 19 heavy (non-hydrogen) atoms. The van der Waals surface area contributed by atoms with E-state index in [1.807, 2.05) is 0 Å². The maximum absolute atomic E-state index is 13.5. The first-order valence-corrected chi connectivity index (χ1v) is 7.81. The lowest BCUT2D eigenvalue weighted by Gasteiger charge is -2.10. The first-order chi connectivity index (χ1) is 8.87. The van der Waals surface area contributed by atoms with E-state index in [0.717, 1.165) is 5.52 Å². The molecule has 0 spiro atoms. The van der Waals surface area contributed by atoms with E-state index < -0.39 is 9.84 Å². The number of halogens is 1. The van der Waals surface area contributed by atoms with Gasteiger partial charge in [-0.15, -0.1) is 0 Å². The lowest BCUT2D eigenvalue weighted by atomic mass is 10.2. The van der Waals surface area contributed by atoms with Crippen molar-refractivity contribution in [3.63, 3.8) is 0 Å². The summed E-state index contributed by atoms with van der Waals surface area (Å²) in [6.45, 7) is 1.66. The van der Waals surface area contributed by atoms with Gasteiger partial charge in [0.1, 0.15) is 5.82 Å². The molecule has 2 heterocycles. The summed E-state index contributed by atoms with van der Waals surface area (Å²) in [5.74, 6) is -0.324. The number of imidazole rings is 1. The normalized spacial score (nSPS) is 21.3. The summed E-state index contributed by atoms with van der Waals surface area (Å²) in [5, 5.41) is 1.20. The Morgan fingerprint density at radius 1 is 1.47 bits per heavy atom. The fraction of sp³-hybridized carbons (Fsp3) is 0.250. The molecule has 4 nitrogen and oxygen atoms in total. The topological polar surface area (TPSA) is 54.9 Å². The van der Waals surface area contributed by atoms with Crippen LogP contribution in [0.1, 0.15) is 11.6 Å². The molecule has 0 aliphatic carbocycles. The molecule has 1 aromatic heterocycles. The number of nitrogens with zero attached hydrogens (tertiary/aromatic N) is 1. The van der Waals surface area contributed by atoms with E-state index in [1.54, 1.807) is 23.6 Å². The minimum absolute atomic E-state index is 0.00924. The number of sulfone groups is 1. The van der Waals surface area contributed by atoms with Gasteiger partial charge in [0, 0.05) is 5.41 Å². The van der Waals surface area contributed by atoms with Gasteiger partial charge >= 0.3 is 0 Å². The molecule has 1 aliphatic rings. The molecule has 0 saturated heterocycles. The van der Waals surface area contributed by atoms with Gasteiger partial charge in [-0.25, -0.2) is 12.8 Å². The zero-order chi connectivity index (χ0) is 13.8. The predicted octanol–water partition coefficient (Wildman–Crippen LogP) is 2.63. The second-order valence-corrected chi connectivity index (χ2v) is 6.96. The van der Waals surface area contributed by atoms with Crippen molar-refractivity contribution in [1.82, 2.24) is 9.55 Å². The van der Waals surface area contributed by atoms with Crippen molar-refractivity contribution in [3.8, 4) is 0 Å². The number of aromatic nitrogens is 2. The van der Waals surface area contributed by atoms with E-state index in [0.29, 0.717) is 15.9 Å². The Hall–Kier alpha value is -1.47. The van der Waals surface area contributed by atoms with Gasteiger partial charge in [0.05, 0.1) is 22.8 Å². The minimum Gasteiger partial charge on any atom is -0.330 e. The summed E-state index contributed by atoms with van der Waals surface area (Å²) in [7, 11) is -3.16. The Kier molecular flexibility index (Phi) is 2.65. The molecule has 0 amide bonds. The Balaban J connectivity index is 2.25. The van der Waals surface area contributed by atoms with Crippen LogP contribution in [0.4, 0.5) is 4.39 Å². The van der Waals surface area contributed by atoms with Gasteiger partial charge in [-0.05, 0) is 42.9 Å². The molecule has 0 fully saturated rings. The lowest BCUT2D eigenvalue weighted by Crippen LogP contribution is -2.11. The van der Waals surface area contributed by atoms with Crippen LogP contribution in [0.2, 0.25) is 0 Å². The van der Waals surface area contributed by atoms with E-state index >= 15 is 0 Å². The first kappa shape index (κ1) is 12.6. The molecule has 2 aromatic rings. The molecule has 1 N–H and O–H groups in total. The average Bonchev–Trinajstić information content (AvgIpc) is 2.79. The molecule has 1 atom stereocenters. The maximum Gasteiger partial charge on any atom is 0.178 e. The van der Waals surface area contributed by atoms with Gasteiger partial charge in [0.2, 0.25) is 0 Å². The van der Waals surface area contributed by atoms with Gasteiger partial charge in [0.25, 0.3) is 0 Å². The molecule has 100 valence electrons. The van der Waals surface area contributed by atoms with Gasteiger partial charge in [0.15, 0.2) is 14.6 Å². The number of aryl methyl sites for hydroxylation is 1. The summed E-state index contributed by atoms with van der Waals surface area (Å²) >= 11 is 5.21. The molecule has 0 bridgehead atoms. The van der Waals surface area contributed by atoms with E-state index in [2.05, 4.69) is 4.98 Å². The van der Waals surface area contributed by atoms with Crippen LogP contribution in [0.3, 0.4) is 0 Å². The van der Waals surface area contributed by atoms with Crippen molar-refractivity contribution in [3.05, 3.63) is 39.8 Å². The quantitative estimate of drug-likeness (QED) is 0.823. The van der Waals surface area contributed by atoms with Crippen LogP contribution >= 0.6 is 12.2 Å². The van der Waals surface area contributed by atoms with E-state index in [4.69, 9.17) is 12.2 Å². The van der Waals surface area contributed by atoms with Crippen LogP contribution in [-0.4, -0.2) is 23.7 Å². The van der Waals surface area contributed by atoms with E-state index in [-0.39, 0.29) is 17.6 Å². The summed E-state index contributed by atoms with van der Waals surface area (Å²) in [6.07, 6.45) is 1.61. The molecule has 3 rings (SSSR count). The molecular formula is C12H11FN2O2S2. The largest absolute Gasteiger partial charge is 0.330 e. The number of nitrogens with one attached hydrogen (secondary N) is 1. The zero-order valence-corrected chi connectivity index (χ0v) is 11.7. The number of H-pyrrole nitrogens is 1. The van der Waals surface area contributed by atoms with Crippen LogP contribution in [0, 0.1) is 17.5 Å². The standard InChI is InChI=1S/C12H11FN2O2S2/c1-7-4-11-10(5-9(7)13)14-12(18)15(11)8-2-3-19(16,17)6-8/h2-5,8H,6H2,1H3,(H,14,18). The van der Waals surface area contributed by atoms with Gasteiger partial charge in [-0.3, -0.25) is 0 Å². The highest BCUT2D eigenvalue weighted by Crippen LogP contribution is 2.27. The summed E-state index contributed by atoms with van der Waals surface area (Å²) in [5.41, 5.74) is 1.79. The van der Waals surface area contributed by atoms with Crippen LogP contribution in [0.15, 0.2) is 23.6 Å². The molecule has 0 saturated carbocycles. The number of allylic oxidation sites excluding steroid dienone is 1. The van der Waals surface area contributed by atoms with E-state index in [1.165, 1.54) is 11.5 Å². The third-order valence-corrected chi connectivity index (χ3v) is 4.92. The smallest absolute Gasteiger partial charge is 0.178 e. The molecule has 1 unspecified atom stereocenters.